The molecule has 0 aliphatic rings. The van der Waals surface area contributed by atoms with Crippen LogP contribution in [0.3, 0.4) is 0 Å². The molecule has 0 atom stereocenters. The van der Waals surface area contributed by atoms with Crippen molar-refractivity contribution in [2.24, 2.45) is 0 Å². The van der Waals surface area contributed by atoms with Crippen molar-refractivity contribution in [1.29, 1.82) is 0 Å². The Kier molecular flexibility index (Phi) is 6.74. The number of oxazole rings is 1. The Morgan fingerprint density at radius 1 is 1.03 bits per heavy atom. The average molecular weight is 421 g/mol. The number of aryl methyl sites for hydroxylation is 1. The van der Waals surface area contributed by atoms with Gasteiger partial charge in [0.15, 0.2) is 0 Å². The predicted molar refractivity (Wildman–Crippen MR) is 119 cm³/mol. The number of anilines is 1. The summed E-state index contributed by atoms with van der Waals surface area (Å²) in [7, 11) is 0. The Bertz CT molecular complexity index is 1030. The molecular formula is C24H27N3O4. The molecule has 0 aliphatic carbocycles. The van der Waals surface area contributed by atoms with E-state index in [-0.39, 0.29) is 5.91 Å². The average Bonchev–Trinajstić information content (AvgIpc) is 3.16. The fourth-order valence-corrected chi connectivity index (χ4v) is 2.78. The molecule has 2 amide bonds. The van der Waals surface area contributed by atoms with Crippen LogP contribution in [0.5, 0.6) is 0 Å². The molecule has 162 valence electrons. The first-order chi connectivity index (χ1) is 14.7. The van der Waals surface area contributed by atoms with Crippen molar-refractivity contribution in [3.05, 3.63) is 71.6 Å². The van der Waals surface area contributed by atoms with Gasteiger partial charge in [0.25, 0.3) is 5.91 Å². The zero-order valence-corrected chi connectivity index (χ0v) is 18.2. The minimum Gasteiger partial charge on any atom is -0.444 e. The summed E-state index contributed by atoms with van der Waals surface area (Å²) in [5.41, 5.74) is 3.34. The van der Waals surface area contributed by atoms with Crippen LogP contribution in [0, 0.1) is 6.92 Å². The zero-order valence-electron chi connectivity index (χ0n) is 18.2. The lowest BCUT2D eigenvalue weighted by molar-refractivity contribution is 0.0635. The number of nitrogens with zero attached hydrogens (tertiary/aromatic N) is 1. The summed E-state index contributed by atoms with van der Waals surface area (Å²) >= 11 is 0. The number of ether oxygens (including phenoxy) is 1. The molecule has 31 heavy (non-hydrogen) atoms. The highest BCUT2D eigenvalue weighted by atomic mass is 16.6. The molecule has 1 aromatic heterocycles. The highest BCUT2D eigenvalue weighted by Crippen LogP contribution is 2.19. The Morgan fingerprint density at radius 2 is 1.71 bits per heavy atom. The fourth-order valence-electron chi connectivity index (χ4n) is 2.78. The van der Waals surface area contributed by atoms with Crippen molar-refractivity contribution in [1.82, 2.24) is 10.3 Å². The third-order valence-corrected chi connectivity index (χ3v) is 4.31. The summed E-state index contributed by atoms with van der Waals surface area (Å²) in [5.74, 6) is 0.362. The van der Waals surface area contributed by atoms with Crippen LogP contribution in [0.25, 0.3) is 11.5 Å². The first-order valence-corrected chi connectivity index (χ1v) is 10.1. The summed E-state index contributed by atoms with van der Waals surface area (Å²) in [5, 5.41) is 5.50. The van der Waals surface area contributed by atoms with Crippen molar-refractivity contribution >= 4 is 17.7 Å². The summed E-state index contributed by atoms with van der Waals surface area (Å²) in [6.45, 7) is 7.84. The Hall–Kier alpha value is -3.61. The number of hydrogen-bond donors (Lipinski definition) is 2. The number of nitrogens with one attached hydrogen (secondary N) is 2. The molecule has 0 saturated carbocycles. The molecule has 7 heteroatoms. The topological polar surface area (TPSA) is 93.5 Å². The maximum Gasteiger partial charge on any atom is 0.412 e. The SMILES string of the molecule is Cc1ccc(-c2nc(CCNC(=O)c3ccc(NC(=O)OC(C)(C)C)cc3)co2)cc1. The van der Waals surface area contributed by atoms with E-state index in [1.807, 2.05) is 31.2 Å². The Balaban J connectivity index is 1.48. The number of amides is 2. The summed E-state index contributed by atoms with van der Waals surface area (Å²) < 4.78 is 10.7. The summed E-state index contributed by atoms with van der Waals surface area (Å²) in [6.07, 6.45) is 1.63. The molecule has 0 saturated heterocycles. The molecule has 0 aliphatic heterocycles. The highest BCUT2D eigenvalue weighted by molar-refractivity contribution is 5.95. The van der Waals surface area contributed by atoms with Gasteiger partial charge in [-0.2, -0.15) is 0 Å². The van der Waals surface area contributed by atoms with Gasteiger partial charge >= 0.3 is 6.09 Å². The predicted octanol–water partition coefficient (Wildman–Crippen LogP) is 4.97. The van der Waals surface area contributed by atoms with Crippen LogP contribution in [0.1, 0.15) is 42.4 Å². The van der Waals surface area contributed by atoms with Crippen molar-refractivity contribution in [3.8, 4) is 11.5 Å². The molecule has 2 aromatic carbocycles. The van der Waals surface area contributed by atoms with E-state index < -0.39 is 11.7 Å². The van der Waals surface area contributed by atoms with Gasteiger partial charge in [-0.25, -0.2) is 9.78 Å². The molecule has 3 aromatic rings. The van der Waals surface area contributed by atoms with Gasteiger partial charge in [0.05, 0.1) is 5.69 Å². The van der Waals surface area contributed by atoms with Crippen LogP contribution in [0.15, 0.2) is 59.2 Å². The van der Waals surface area contributed by atoms with Gasteiger partial charge in [-0.3, -0.25) is 10.1 Å². The number of rotatable bonds is 6. The number of benzene rings is 2. The Labute approximate surface area is 181 Å². The standard InChI is InChI=1S/C24H27N3O4/c1-16-5-7-18(8-6-16)22-26-20(15-30-22)13-14-25-21(28)17-9-11-19(12-10-17)27-23(29)31-24(2,3)4/h5-12,15H,13-14H2,1-4H3,(H,25,28)(H,27,29). The second-order valence-electron chi connectivity index (χ2n) is 8.22. The molecule has 3 rings (SSSR count). The maximum absolute atomic E-state index is 12.3. The van der Waals surface area contributed by atoms with Gasteiger partial charge in [-0.15, -0.1) is 0 Å². The largest absolute Gasteiger partial charge is 0.444 e. The van der Waals surface area contributed by atoms with Crippen LogP contribution in [-0.2, 0) is 11.2 Å². The molecule has 0 radical (unpaired) electrons. The van der Waals surface area contributed by atoms with Crippen LogP contribution < -0.4 is 10.6 Å². The van der Waals surface area contributed by atoms with E-state index in [0.717, 1.165) is 11.3 Å². The van der Waals surface area contributed by atoms with Gasteiger partial charge in [-0.05, 0) is 64.1 Å². The lowest BCUT2D eigenvalue weighted by atomic mass is 10.1. The highest BCUT2D eigenvalue weighted by Gasteiger charge is 2.16. The van der Waals surface area contributed by atoms with Gasteiger partial charge in [0, 0.05) is 29.8 Å². The number of aromatic nitrogens is 1. The van der Waals surface area contributed by atoms with Gasteiger partial charge < -0.3 is 14.5 Å². The van der Waals surface area contributed by atoms with Gasteiger partial charge in [-0.1, -0.05) is 17.7 Å². The van der Waals surface area contributed by atoms with E-state index in [9.17, 15) is 9.59 Å². The quantitative estimate of drug-likeness (QED) is 0.586. The van der Waals surface area contributed by atoms with E-state index in [2.05, 4.69) is 15.6 Å². The van der Waals surface area contributed by atoms with Gasteiger partial charge in [0.2, 0.25) is 5.89 Å². The van der Waals surface area contributed by atoms with Crippen LogP contribution in [-0.4, -0.2) is 29.1 Å². The van der Waals surface area contributed by atoms with E-state index in [0.29, 0.717) is 30.1 Å². The number of hydrogen-bond acceptors (Lipinski definition) is 5. The first-order valence-electron chi connectivity index (χ1n) is 10.1. The van der Waals surface area contributed by atoms with Crippen molar-refractivity contribution < 1.29 is 18.7 Å². The zero-order chi connectivity index (χ0) is 22.4. The first kappa shape index (κ1) is 22.1. The van der Waals surface area contributed by atoms with Crippen LogP contribution >= 0.6 is 0 Å². The fraction of sp³-hybridized carbons (Fsp3) is 0.292. The van der Waals surface area contributed by atoms with E-state index in [1.54, 1.807) is 51.3 Å². The molecule has 7 nitrogen and oxygen atoms in total. The van der Waals surface area contributed by atoms with Crippen LogP contribution in [0.4, 0.5) is 10.5 Å². The molecule has 0 spiro atoms. The summed E-state index contributed by atoms with van der Waals surface area (Å²) in [6, 6.07) is 14.6. The number of carbonyl (C=O) groups is 2. The molecular weight excluding hydrogens is 394 g/mol. The van der Waals surface area contributed by atoms with E-state index >= 15 is 0 Å². The Morgan fingerprint density at radius 3 is 2.35 bits per heavy atom. The van der Waals surface area contributed by atoms with Gasteiger partial charge in [0.1, 0.15) is 11.9 Å². The second kappa shape index (κ2) is 9.47. The van der Waals surface area contributed by atoms with Crippen molar-refractivity contribution in [2.75, 3.05) is 11.9 Å². The summed E-state index contributed by atoms with van der Waals surface area (Å²) in [4.78, 5) is 28.6. The third kappa shape index (κ3) is 6.70. The third-order valence-electron chi connectivity index (χ3n) is 4.31. The minimum atomic E-state index is -0.575. The molecule has 0 fully saturated rings. The van der Waals surface area contributed by atoms with E-state index in [1.165, 1.54) is 5.56 Å². The normalized spacial score (nSPS) is 11.1. The lowest BCUT2D eigenvalue weighted by Gasteiger charge is -2.19. The van der Waals surface area contributed by atoms with Crippen LogP contribution in [0.2, 0.25) is 0 Å². The van der Waals surface area contributed by atoms with Crippen molar-refractivity contribution in [3.63, 3.8) is 0 Å². The molecule has 2 N–H and O–H groups in total. The number of carbonyl (C=O) groups excluding carboxylic acids is 2. The molecule has 0 unspecified atom stereocenters. The maximum atomic E-state index is 12.3. The molecule has 0 bridgehead atoms. The smallest absolute Gasteiger partial charge is 0.412 e. The van der Waals surface area contributed by atoms with Crippen molar-refractivity contribution in [2.45, 2.75) is 39.7 Å². The molecule has 1 heterocycles. The second-order valence-corrected chi connectivity index (χ2v) is 8.22. The monoisotopic (exact) mass is 421 g/mol. The van der Waals surface area contributed by atoms with E-state index in [4.69, 9.17) is 9.15 Å². The lowest BCUT2D eigenvalue weighted by Crippen LogP contribution is -2.27. The minimum absolute atomic E-state index is 0.203.